The van der Waals surface area contributed by atoms with E-state index in [0.717, 1.165) is 12.2 Å². The molecule has 0 spiro atoms. The monoisotopic (exact) mass is 255 g/mol. The molecular weight excluding hydrogens is 233 g/mol. The summed E-state index contributed by atoms with van der Waals surface area (Å²) in [6, 6.07) is 5.98. The molecule has 1 aromatic rings. The van der Waals surface area contributed by atoms with Crippen molar-refractivity contribution >= 4 is 0 Å². The van der Waals surface area contributed by atoms with E-state index >= 15 is 0 Å². The Morgan fingerprint density at radius 2 is 1.83 bits per heavy atom. The lowest BCUT2D eigenvalue weighted by Gasteiger charge is -2.13. The van der Waals surface area contributed by atoms with E-state index in [-0.39, 0.29) is 11.9 Å². The van der Waals surface area contributed by atoms with Crippen LogP contribution in [0.2, 0.25) is 0 Å². The van der Waals surface area contributed by atoms with Crippen LogP contribution < -0.4 is 5.73 Å². The van der Waals surface area contributed by atoms with Gasteiger partial charge >= 0.3 is 0 Å². The number of hydrogen-bond acceptors (Lipinski definition) is 3. The van der Waals surface area contributed by atoms with Crippen molar-refractivity contribution in [3.05, 3.63) is 35.6 Å². The maximum atomic E-state index is 13.0. The molecule has 1 aromatic carbocycles. The minimum atomic E-state index is -0.300. The molecule has 0 fully saturated rings. The second-order valence-electron chi connectivity index (χ2n) is 4.71. The molecule has 0 amide bonds. The predicted molar refractivity (Wildman–Crippen MR) is 69.8 cm³/mol. The van der Waals surface area contributed by atoms with E-state index in [0.29, 0.717) is 25.7 Å². The molecule has 1 unspecified atom stereocenters. The second-order valence-corrected chi connectivity index (χ2v) is 4.71. The van der Waals surface area contributed by atoms with Gasteiger partial charge in [0.1, 0.15) is 5.82 Å². The number of ether oxygens (including phenoxy) is 2. The fourth-order valence-electron chi connectivity index (χ4n) is 1.48. The maximum absolute atomic E-state index is 13.0. The minimum absolute atomic E-state index is 0.275. The van der Waals surface area contributed by atoms with Gasteiger partial charge in [0.05, 0.1) is 25.9 Å². The summed E-state index contributed by atoms with van der Waals surface area (Å²) in [6.07, 6.45) is 0. The zero-order valence-corrected chi connectivity index (χ0v) is 11.1. The van der Waals surface area contributed by atoms with Gasteiger partial charge in [0, 0.05) is 6.61 Å². The normalized spacial score (nSPS) is 12.9. The van der Waals surface area contributed by atoms with E-state index in [1.807, 2.05) is 0 Å². The summed E-state index contributed by atoms with van der Waals surface area (Å²) in [5.41, 5.74) is 6.64. The Kier molecular flexibility index (Phi) is 6.86. The van der Waals surface area contributed by atoms with Crippen molar-refractivity contribution in [2.75, 3.05) is 26.4 Å². The van der Waals surface area contributed by atoms with E-state index in [9.17, 15) is 4.39 Å². The SMILES string of the molecule is CC(C)COCCOCC(N)c1cccc(F)c1. The fourth-order valence-corrected chi connectivity index (χ4v) is 1.48. The van der Waals surface area contributed by atoms with Gasteiger partial charge in [-0.2, -0.15) is 0 Å². The Morgan fingerprint density at radius 3 is 2.44 bits per heavy atom. The summed E-state index contributed by atoms with van der Waals surface area (Å²) in [4.78, 5) is 0. The van der Waals surface area contributed by atoms with Crippen LogP contribution in [0.4, 0.5) is 4.39 Å². The standard InChI is InChI=1S/C14H22FNO2/c1-11(2)9-17-6-7-18-10-14(16)12-4-3-5-13(15)8-12/h3-5,8,11,14H,6-7,9-10,16H2,1-2H3. The van der Waals surface area contributed by atoms with Gasteiger partial charge in [-0.3, -0.25) is 0 Å². The Balaban J connectivity index is 2.15. The highest BCUT2D eigenvalue weighted by Gasteiger charge is 2.06. The summed E-state index contributed by atoms with van der Waals surface area (Å²) in [5, 5.41) is 0. The van der Waals surface area contributed by atoms with Gasteiger partial charge in [0.25, 0.3) is 0 Å². The zero-order valence-electron chi connectivity index (χ0n) is 11.1. The van der Waals surface area contributed by atoms with Gasteiger partial charge in [0.15, 0.2) is 0 Å². The summed E-state index contributed by atoms with van der Waals surface area (Å²) in [6.45, 7) is 6.37. The van der Waals surface area contributed by atoms with E-state index in [4.69, 9.17) is 15.2 Å². The van der Waals surface area contributed by atoms with Crippen LogP contribution in [0.3, 0.4) is 0 Å². The van der Waals surface area contributed by atoms with Gasteiger partial charge < -0.3 is 15.2 Å². The highest BCUT2D eigenvalue weighted by atomic mass is 19.1. The fraction of sp³-hybridized carbons (Fsp3) is 0.571. The quantitative estimate of drug-likeness (QED) is 0.726. The summed E-state index contributed by atoms with van der Waals surface area (Å²) in [7, 11) is 0. The van der Waals surface area contributed by atoms with Crippen LogP contribution in [-0.2, 0) is 9.47 Å². The maximum Gasteiger partial charge on any atom is 0.123 e. The van der Waals surface area contributed by atoms with Crippen LogP contribution in [-0.4, -0.2) is 26.4 Å². The lowest BCUT2D eigenvalue weighted by atomic mass is 10.1. The third kappa shape index (κ3) is 6.10. The van der Waals surface area contributed by atoms with E-state index in [1.54, 1.807) is 12.1 Å². The van der Waals surface area contributed by atoms with E-state index < -0.39 is 0 Å². The molecule has 0 heterocycles. The van der Waals surface area contributed by atoms with Gasteiger partial charge in [-0.05, 0) is 23.6 Å². The van der Waals surface area contributed by atoms with Crippen molar-refractivity contribution in [2.24, 2.45) is 11.7 Å². The molecule has 1 rings (SSSR count). The van der Waals surface area contributed by atoms with Crippen molar-refractivity contribution in [3.63, 3.8) is 0 Å². The van der Waals surface area contributed by atoms with Crippen LogP contribution in [0, 0.1) is 11.7 Å². The molecule has 4 heteroatoms. The first-order chi connectivity index (χ1) is 8.59. The van der Waals surface area contributed by atoms with Gasteiger partial charge in [-0.15, -0.1) is 0 Å². The molecule has 0 bridgehead atoms. The third-order valence-corrected chi connectivity index (χ3v) is 2.40. The largest absolute Gasteiger partial charge is 0.379 e. The molecule has 0 aliphatic heterocycles. The Hall–Kier alpha value is -0.970. The first-order valence-electron chi connectivity index (χ1n) is 6.26. The van der Waals surface area contributed by atoms with Crippen molar-refractivity contribution < 1.29 is 13.9 Å². The molecule has 0 aliphatic carbocycles. The molecule has 2 N–H and O–H groups in total. The first-order valence-corrected chi connectivity index (χ1v) is 6.26. The van der Waals surface area contributed by atoms with Crippen LogP contribution in [0.15, 0.2) is 24.3 Å². The molecule has 1 atom stereocenters. The highest BCUT2D eigenvalue weighted by molar-refractivity contribution is 5.19. The number of halogens is 1. The molecule has 0 aliphatic rings. The second kappa shape index (κ2) is 8.19. The zero-order chi connectivity index (χ0) is 13.4. The number of benzene rings is 1. The molecule has 102 valence electrons. The Bertz CT molecular complexity index is 344. The molecule has 18 heavy (non-hydrogen) atoms. The van der Waals surface area contributed by atoms with Crippen LogP contribution in [0.25, 0.3) is 0 Å². The molecular formula is C14H22FNO2. The van der Waals surface area contributed by atoms with Crippen LogP contribution >= 0.6 is 0 Å². The lowest BCUT2D eigenvalue weighted by Crippen LogP contribution is -2.19. The Morgan fingerprint density at radius 1 is 1.17 bits per heavy atom. The van der Waals surface area contributed by atoms with Crippen LogP contribution in [0.1, 0.15) is 25.5 Å². The topological polar surface area (TPSA) is 44.5 Å². The van der Waals surface area contributed by atoms with Crippen molar-refractivity contribution in [1.82, 2.24) is 0 Å². The molecule has 0 saturated carbocycles. The van der Waals surface area contributed by atoms with Crippen molar-refractivity contribution in [2.45, 2.75) is 19.9 Å². The van der Waals surface area contributed by atoms with Gasteiger partial charge in [-0.1, -0.05) is 26.0 Å². The average molecular weight is 255 g/mol. The molecule has 3 nitrogen and oxygen atoms in total. The first kappa shape index (κ1) is 15.1. The number of nitrogens with two attached hydrogens (primary N) is 1. The summed E-state index contributed by atoms with van der Waals surface area (Å²) in [5.74, 6) is 0.253. The Labute approximate surface area is 108 Å². The lowest BCUT2D eigenvalue weighted by molar-refractivity contribution is 0.0333. The third-order valence-electron chi connectivity index (χ3n) is 2.40. The summed E-state index contributed by atoms with van der Waals surface area (Å²) < 4.78 is 23.8. The summed E-state index contributed by atoms with van der Waals surface area (Å²) >= 11 is 0. The van der Waals surface area contributed by atoms with Gasteiger partial charge in [-0.25, -0.2) is 4.39 Å². The van der Waals surface area contributed by atoms with Gasteiger partial charge in [0.2, 0.25) is 0 Å². The average Bonchev–Trinajstić information content (AvgIpc) is 2.33. The van der Waals surface area contributed by atoms with Crippen LogP contribution in [0.5, 0.6) is 0 Å². The smallest absolute Gasteiger partial charge is 0.123 e. The minimum Gasteiger partial charge on any atom is -0.379 e. The van der Waals surface area contributed by atoms with Crippen molar-refractivity contribution in [3.8, 4) is 0 Å². The highest BCUT2D eigenvalue weighted by Crippen LogP contribution is 2.11. The van der Waals surface area contributed by atoms with Crippen molar-refractivity contribution in [1.29, 1.82) is 0 Å². The molecule has 0 saturated heterocycles. The van der Waals surface area contributed by atoms with E-state index in [1.165, 1.54) is 12.1 Å². The number of hydrogen-bond donors (Lipinski definition) is 1. The number of rotatable bonds is 8. The predicted octanol–water partition coefficient (Wildman–Crippen LogP) is 2.51. The molecule has 0 aromatic heterocycles. The molecule has 0 radical (unpaired) electrons. The van der Waals surface area contributed by atoms with E-state index in [2.05, 4.69) is 13.8 Å².